The number of nitrogens with one attached hydrogen (secondary N) is 1. The number of nitrogens with two attached hydrogens (primary N) is 1. The van der Waals surface area contributed by atoms with Gasteiger partial charge >= 0.3 is 0 Å². The first-order valence-corrected chi connectivity index (χ1v) is 11.4. The van der Waals surface area contributed by atoms with Gasteiger partial charge in [-0.15, -0.1) is 11.3 Å². The molecule has 0 radical (unpaired) electrons. The Kier molecular flexibility index (Phi) is 5.91. The molecule has 1 aromatic carbocycles. The summed E-state index contributed by atoms with van der Waals surface area (Å²) in [4.78, 5) is 42.8. The van der Waals surface area contributed by atoms with E-state index in [-0.39, 0.29) is 24.4 Å². The fourth-order valence-electron chi connectivity index (χ4n) is 4.21. The first-order valence-electron chi connectivity index (χ1n) is 10.5. The van der Waals surface area contributed by atoms with Crippen molar-refractivity contribution in [1.29, 1.82) is 0 Å². The van der Waals surface area contributed by atoms with Crippen molar-refractivity contribution < 1.29 is 9.59 Å². The molecule has 0 atom stereocenters. The number of amides is 2. The summed E-state index contributed by atoms with van der Waals surface area (Å²) in [6.07, 6.45) is 5.46. The van der Waals surface area contributed by atoms with Crippen LogP contribution in [0.5, 0.6) is 0 Å². The zero-order chi connectivity index (χ0) is 22.0. The molecule has 7 nitrogen and oxygen atoms in total. The van der Waals surface area contributed by atoms with Crippen LogP contribution in [0.4, 0.5) is 0 Å². The standard InChI is InChI=1S/C23H26N4O3S/c1-15-5-7-16(8-6-15)17-13-31-20-19(17)21(29)27(14-25-20)12-9-18(28)26-23(22(24)30)10-3-2-4-11-23/h5-8,13-14H,2-4,9-12H2,1H3,(H2,24,30)(H,26,28). The second-order valence-corrected chi connectivity index (χ2v) is 9.10. The summed E-state index contributed by atoms with van der Waals surface area (Å²) in [5, 5.41) is 5.36. The van der Waals surface area contributed by atoms with E-state index in [0.29, 0.717) is 23.1 Å². The second kappa shape index (κ2) is 8.63. The summed E-state index contributed by atoms with van der Waals surface area (Å²) >= 11 is 1.43. The molecule has 0 aliphatic heterocycles. The van der Waals surface area contributed by atoms with E-state index in [0.717, 1.165) is 36.0 Å². The van der Waals surface area contributed by atoms with Crippen molar-refractivity contribution in [3.8, 4) is 11.1 Å². The Morgan fingerprint density at radius 2 is 1.90 bits per heavy atom. The number of thiophene rings is 1. The number of primary amides is 1. The number of carbonyl (C=O) groups excluding carboxylic acids is 2. The zero-order valence-electron chi connectivity index (χ0n) is 17.5. The maximum Gasteiger partial charge on any atom is 0.262 e. The number of carbonyl (C=O) groups is 2. The van der Waals surface area contributed by atoms with Gasteiger partial charge in [-0.2, -0.15) is 0 Å². The summed E-state index contributed by atoms with van der Waals surface area (Å²) in [5.74, 6) is -0.765. The van der Waals surface area contributed by atoms with Gasteiger partial charge in [0.25, 0.3) is 5.56 Å². The number of benzene rings is 1. The molecule has 3 aromatic rings. The Labute approximate surface area is 184 Å². The van der Waals surface area contributed by atoms with E-state index in [1.54, 1.807) is 0 Å². The predicted molar refractivity (Wildman–Crippen MR) is 122 cm³/mol. The van der Waals surface area contributed by atoms with Crippen LogP contribution in [0, 0.1) is 6.92 Å². The van der Waals surface area contributed by atoms with E-state index in [2.05, 4.69) is 10.3 Å². The highest BCUT2D eigenvalue weighted by Gasteiger charge is 2.39. The van der Waals surface area contributed by atoms with Gasteiger partial charge < -0.3 is 11.1 Å². The third kappa shape index (κ3) is 4.25. The highest BCUT2D eigenvalue weighted by atomic mass is 32.1. The van der Waals surface area contributed by atoms with E-state index < -0.39 is 11.4 Å². The molecule has 0 spiro atoms. The molecule has 1 saturated carbocycles. The van der Waals surface area contributed by atoms with Crippen LogP contribution in [-0.2, 0) is 16.1 Å². The molecule has 31 heavy (non-hydrogen) atoms. The highest BCUT2D eigenvalue weighted by Crippen LogP contribution is 2.31. The minimum absolute atomic E-state index is 0.0755. The second-order valence-electron chi connectivity index (χ2n) is 8.24. The number of hydrogen-bond donors (Lipinski definition) is 2. The number of aryl methyl sites for hydroxylation is 2. The molecule has 8 heteroatoms. The van der Waals surface area contributed by atoms with E-state index in [4.69, 9.17) is 5.73 Å². The summed E-state index contributed by atoms with van der Waals surface area (Å²) in [6.45, 7) is 2.20. The van der Waals surface area contributed by atoms with Crippen molar-refractivity contribution in [2.75, 3.05) is 0 Å². The van der Waals surface area contributed by atoms with Crippen LogP contribution in [0.25, 0.3) is 21.3 Å². The largest absolute Gasteiger partial charge is 0.368 e. The molecule has 2 heterocycles. The Bertz CT molecular complexity index is 1170. The molecule has 0 bridgehead atoms. The van der Waals surface area contributed by atoms with Crippen molar-refractivity contribution >= 4 is 33.4 Å². The minimum atomic E-state index is -0.964. The SMILES string of the molecule is Cc1ccc(-c2csc3ncn(CCC(=O)NC4(C(N)=O)CCCCC4)c(=O)c23)cc1. The molecular formula is C23H26N4O3S. The van der Waals surface area contributed by atoms with E-state index in [1.807, 2.05) is 36.6 Å². The normalized spacial score (nSPS) is 15.6. The lowest BCUT2D eigenvalue weighted by Crippen LogP contribution is -2.58. The maximum absolute atomic E-state index is 13.1. The highest BCUT2D eigenvalue weighted by molar-refractivity contribution is 7.17. The Morgan fingerprint density at radius 1 is 1.19 bits per heavy atom. The van der Waals surface area contributed by atoms with Gasteiger partial charge in [0, 0.05) is 23.9 Å². The monoisotopic (exact) mass is 438 g/mol. The van der Waals surface area contributed by atoms with E-state index in [1.165, 1.54) is 22.2 Å². The summed E-state index contributed by atoms with van der Waals surface area (Å²) in [6, 6.07) is 8.01. The quantitative estimate of drug-likeness (QED) is 0.616. The third-order valence-electron chi connectivity index (χ3n) is 6.06. The van der Waals surface area contributed by atoms with Crippen LogP contribution in [0.3, 0.4) is 0 Å². The van der Waals surface area contributed by atoms with Gasteiger partial charge in [0.05, 0.1) is 11.7 Å². The first kappa shape index (κ1) is 21.2. The Balaban J connectivity index is 1.54. The van der Waals surface area contributed by atoms with E-state index in [9.17, 15) is 14.4 Å². The summed E-state index contributed by atoms with van der Waals surface area (Å²) < 4.78 is 1.46. The lowest BCUT2D eigenvalue weighted by molar-refractivity contribution is -0.133. The van der Waals surface area contributed by atoms with Crippen molar-refractivity contribution in [1.82, 2.24) is 14.9 Å². The number of rotatable bonds is 6. The fraction of sp³-hybridized carbons (Fsp3) is 0.391. The van der Waals surface area contributed by atoms with Crippen molar-refractivity contribution in [2.45, 2.75) is 57.5 Å². The smallest absolute Gasteiger partial charge is 0.262 e. The molecule has 0 unspecified atom stereocenters. The molecule has 162 valence electrons. The molecule has 1 aliphatic rings. The topological polar surface area (TPSA) is 107 Å². The van der Waals surface area contributed by atoms with Gasteiger partial charge in [-0.1, -0.05) is 49.1 Å². The molecule has 3 N–H and O–H groups in total. The molecular weight excluding hydrogens is 412 g/mol. The number of nitrogens with zero attached hydrogens (tertiary/aromatic N) is 2. The van der Waals surface area contributed by atoms with Crippen molar-refractivity contribution in [3.05, 3.63) is 51.9 Å². The average molecular weight is 439 g/mol. The fourth-order valence-corrected chi connectivity index (χ4v) is 5.12. The average Bonchev–Trinajstić information content (AvgIpc) is 3.19. The van der Waals surface area contributed by atoms with Gasteiger partial charge in [0.15, 0.2) is 0 Å². The van der Waals surface area contributed by atoms with Gasteiger partial charge in [-0.25, -0.2) is 4.98 Å². The van der Waals surface area contributed by atoms with Crippen LogP contribution >= 0.6 is 11.3 Å². The molecule has 4 rings (SSSR count). The van der Waals surface area contributed by atoms with Crippen LogP contribution < -0.4 is 16.6 Å². The summed E-state index contributed by atoms with van der Waals surface area (Å²) in [7, 11) is 0. The lowest BCUT2D eigenvalue weighted by Gasteiger charge is -2.35. The van der Waals surface area contributed by atoms with Gasteiger partial charge in [0.2, 0.25) is 11.8 Å². The lowest BCUT2D eigenvalue weighted by atomic mass is 9.81. The predicted octanol–water partition coefficient (Wildman–Crippen LogP) is 3.13. The Hall–Kier alpha value is -3.00. The molecule has 0 saturated heterocycles. The molecule has 2 amide bonds. The molecule has 2 aromatic heterocycles. The van der Waals surface area contributed by atoms with Gasteiger partial charge in [-0.3, -0.25) is 19.0 Å². The third-order valence-corrected chi connectivity index (χ3v) is 6.95. The van der Waals surface area contributed by atoms with Gasteiger partial charge in [-0.05, 0) is 25.3 Å². The van der Waals surface area contributed by atoms with Crippen LogP contribution in [0.15, 0.2) is 40.8 Å². The minimum Gasteiger partial charge on any atom is -0.368 e. The first-order chi connectivity index (χ1) is 14.9. The maximum atomic E-state index is 13.1. The molecule has 1 aliphatic carbocycles. The number of fused-ring (bicyclic) bond motifs is 1. The number of hydrogen-bond acceptors (Lipinski definition) is 5. The van der Waals surface area contributed by atoms with Crippen LogP contribution in [0.2, 0.25) is 0 Å². The zero-order valence-corrected chi connectivity index (χ0v) is 18.3. The summed E-state index contributed by atoms with van der Waals surface area (Å²) in [5.41, 5.74) is 7.43. The van der Waals surface area contributed by atoms with Crippen LogP contribution in [-0.4, -0.2) is 26.9 Å². The van der Waals surface area contributed by atoms with Crippen LogP contribution in [0.1, 0.15) is 44.1 Å². The number of aromatic nitrogens is 2. The van der Waals surface area contributed by atoms with E-state index >= 15 is 0 Å². The molecule has 1 fully saturated rings. The van der Waals surface area contributed by atoms with Crippen molar-refractivity contribution in [2.24, 2.45) is 5.73 Å². The Morgan fingerprint density at radius 3 is 2.58 bits per heavy atom. The van der Waals surface area contributed by atoms with Gasteiger partial charge in [0.1, 0.15) is 10.4 Å². The van der Waals surface area contributed by atoms with Crippen molar-refractivity contribution in [3.63, 3.8) is 0 Å².